The zero-order chi connectivity index (χ0) is 22.5. The molecule has 1 heterocycles. The molecule has 0 saturated heterocycles. The van der Waals surface area contributed by atoms with Crippen LogP contribution in [0.4, 0.5) is 11.4 Å². The van der Waals surface area contributed by atoms with Crippen LogP contribution < -0.4 is 10.2 Å². The Labute approximate surface area is 180 Å². The van der Waals surface area contributed by atoms with Crippen LogP contribution in [0.25, 0.3) is 6.08 Å². The minimum atomic E-state index is -1.17. The average molecular weight is 417 g/mol. The predicted molar refractivity (Wildman–Crippen MR) is 117 cm³/mol. The number of hydrogen-bond donors (Lipinski definition) is 1. The van der Waals surface area contributed by atoms with Gasteiger partial charge in [0, 0.05) is 0 Å². The SMILES string of the molecule is CC(C)c1ccc(/C=C(\C#N)C(=O)O[C@@H](C)C(=O)N2CC(=O)Nc3ccccc32)cc1. The molecule has 3 rings (SSSR count). The summed E-state index contributed by atoms with van der Waals surface area (Å²) in [4.78, 5) is 38.6. The summed E-state index contributed by atoms with van der Waals surface area (Å²) in [5.74, 6) is -1.42. The quantitative estimate of drug-likeness (QED) is 0.455. The molecule has 1 aliphatic rings. The molecule has 0 unspecified atom stereocenters. The van der Waals surface area contributed by atoms with Gasteiger partial charge in [-0.25, -0.2) is 4.79 Å². The molecule has 1 atom stereocenters. The Bertz CT molecular complexity index is 1080. The standard InChI is InChI=1S/C24H23N3O4/c1-15(2)18-10-8-17(9-11-18)12-19(13-25)24(30)31-16(3)23(29)27-14-22(28)26-20-6-4-5-7-21(20)27/h4-12,15-16H,14H2,1-3H3,(H,26,28)/b19-12+/t16-/m0/s1. The molecule has 0 spiro atoms. The third-order valence-electron chi connectivity index (χ3n) is 4.92. The van der Waals surface area contributed by atoms with Gasteiger partial charge < -0.3 is 10.1 Å². The molecule has 1 aliphatic heterocycles. The molecule has 0 aromatic heterocycles. The number of nitrogens with zero attached hydrogens (tertiary/aromatic N) is 2. The van der Waals surface area contributed by atoms with Crippen LogP contribution in [-0.2, 0) is 19.1 Å². The van der Waals surface area contributed by atoms with Crippen molar-refractivity contribution in [2.75, 3.05) is 16.8 Å². The van der Waals surface area contributed by atoms with Crippen LogP contribution in [-0.4, -0.2) is 30.4 Å². The first kappa shape index (κ1) is 21.8. The lowest BCUT2D eigenvalue weighted by Crippen LogP contribution is -2.47. The number of para-hydroxylation sites is 2. The lowest BCUT2D eigenvalue weighted by atomic mass is 10.0. The van der Waals surface area contributed by atoms with Gasteiger partial charge in [0.2, 0.25) is 5.91 Å². The van der Waals surface area contributed by atoms with Crippen molar-refractivity contribution in [3.63, 3.8) is 0 Å². The molecule has 0 fully saturated rings. The van der Waals surface area contributed by atoms with Crippen molar-refractivity contribution in [2.24, 2.45) is 0 Å². The van der Waals surface area contributed by atoms with E-state index in [2.05, 4.69) is 19.2 Å². The zero-order valence-corrected chi connectivity index (χ0v) is 17.6. The number of rotatable bonds is 5. The number of nitrogens with one attached hydrogen (secondary N) is 1. The average Bonchev–Trinajstić information content (AvgIpc) is 2.76. The van der Waals surface area contributed by atoms with Gasteiger partial charge in [-0.1, -0.05) is 50.2 Å². The fourth-order valence-electron chi connectivity index (χ4n) is 3.20. The maximum Gasteiger partial charge on any atom is 0.349 e. The van der Waals surface area contributed by atoms with Gasteiger partial charge in [0.25, 0.3) is 5.91 Å². The van der Waals surface area contributed by atoms with E-state index < -0.39 is 18.0 Å². The fraction of sp³-hybridized carbons (Fsp3) is 0.250. The van der Waals surface area contributed by atoms with E-state index in [0.29, 0.717) is 22.9 Å². The predicted octanol–water partition coefficient (Wildman–Crippen LogP) is 3.63. The Kier molecular flexibility index (Phi) is 6.51. The van der Waals surface area contributed by atoms with Crippen molar-refractivity contribution in [1.29, 1.82) is 5.26 Å². The third kappa shape index (κ3) is 4.98. The highest BCUT2D eigenvalue weighted by Crippen LogP contribution is 2.29. The number of fused-ring (bicyclic) bond motifs is 1. The summed E-state index contributed by atoms with van der Waals surface area (Å²) in [7, 11) is 0. The highest BCUT2D eigenvalue weighted by Gasteiger charge is 2.31. The van der Waals surface area contributed by atoms with Gasteiger partial charge in [-0.2, -0.15) is 5.26 Å². The molecular weight excluding hydrogens is 394 g/mol. The van der Waals surface area contributed by atoms with Gasteiger partial charge in [0.1, 0.15) is 18.2 Å². The lowest BCUT2D eigenvalue weighted by molar-refractivity contribution is -0.149. The first-order valence-corrected chi connectivity index (χ1v) is 9.93. The van der Waals surface area contributed by atoms with Gasteiger partial charge in [-0.15, -0.1) is 0 Å². The van der Waals surface area contributed by atoms with Gasteiger partial charge in [-0.3, -0.25) is 14.5 Å². The number of ether oxygens (including phenoxy) is 1. The zero-order valence-electron chi connectivity index (χ0n) is 17.6. The van der Waals surface area contributed by atoms with Crippen molar-refractivity contribution in [2.45, 2.75) is 32.8 Å². The summed E-state index contributed by atoms with van der Waals surface area (Å²) in [5, 5.41) is 12.1. The Hall–Kier alpha value is -3.92. The Balaban J connectivity index is 1.74. The maximum atomic E-state index is 12.9. The van der Waals surface area contributed by atoms with Crippen molar-refractivity contribution < 1.29 is 19.1 Å². The molecule has 31 heavy (non-hydrogen) atoms. The van der Waals surface area contributed by atoms with E-state index in [4.69, 9.17) is 4.74 Å². The van der Waals surface area contributed by atoms with Gasteiger partial charge in [0.05, 0.1) is 11.4 Å². The van der Waals surface area contributed by atoms with Gasteiger partial charge in [0.15, 0.2) is 6.10 Å². The van der Waals surface area contributed by atoms with Gasteiger partial charge >= 0.3 is 5.97 Å². The number of esters is 1. The van der Waals surface area contributed by atoms with E-state index in [-0.39, 0.29) is 18.0 Å². The number of carbonyl (C=O) groups is 3. The normalized spacial score (nSPS) is 14.4. The molecule has 0 saturated carbocycles. The molecule has 2 aromatic rings. The van der Waals surface area contributed by atoms with Crippen LogP contribution in [0, 0.1) is 11.3 Å². The van der Waals surface area contributed by atoms with Crippen molar-refractivity contribution in [3.8, 4) is 6.07 Å². The van der Waals surface area contributed by atoms with Crippen LogP contribution in [0.3, 0.4) is 0 Å². The summed E-state index contributed by atoms with van der Waals surface area (Å²) in [6.45, 7) is 5.39. The molecule has 7 heteroatoms. The molecule has 2 aromatic carbocycles. The van der Waals surface area contributed by atoms with E-state index in [1.165, 1.54) is 17.9 Å². The minimum absolute atomic E-state index is 0.180. The number of benzene rings is 2. The Morgan fingerprint density at radius 3 is 2.45 bits per heavy atom. The topological polar surface area (TPSA) is 99.5 Å². The first-order valence-electron chi connectivity index (χ1n) is 9.93. The summed E-state index contributed by atoms with van der Waals surface area (Å²) < 4.78 is 5.25. The lowest BCUT2D eigenvalue weighted by Gasteiger charge is -2.30. The number of anilines is 2. The van der Waals surface area contributed by atoms with Crippen LogP contribution in [0.15, 0.2) is 54.1 Å². The molecule has 0 bridgehead atoms. The number of nitriles is 1. The second kappa shape index (κ2) is 9.26. The Morgan fingerprint density at radius 1 is 1.13 bits per heavy atom. The molecule has 1 N–H and O–H groups in total. The monoisotopic (exact) mass is 417 g/mol. The van der Waals surface area contributed by atoms with Crippen LogP contribution in [0.2, 0.25) is 0 Å². The second-order valence-corrected chi connectivity index (χ2v) is 7.53. The first-order chi connectivity index (χ1) is 14.8. The number of carbonyl (C=O) groups excluding carboxylic acids is 3. The minimum Gasteiger partial charge on any atom is -0.448 e. The number of amides is 2. The molecule has 0 aliphatic carbocycles. The summed E-state index contributed by atoms with van der Waals surface area (Å²) in [5.41, 5.74) is 2.64. The third-order valence-corrected chi connectivity index (χ3v) is 4.92. The largest absolute Gasteiger partial charge is 0.448 e. The summed E-state index contributed by atoms with van der Waals surface area (Å²) in [6.07, 6.45) is 0.249. The molecule has 2 amide bonds. The van der Waals surface area contributed by atoms with Crippen molar-refractivity contribution in [1.82, 2.24) is 0 Å². The highest BCUT2D eigenvalue weighted by molar-refractivity contribution is 6.11. The van der Waals surface area contributed by atoms with Crippen LogP contribution in [0.1, 0.15) is 37.8 Å². The van der Waals surface area contributed by atoms with Crippen molar-refractivity contribution >= 4 is 35.2 Å². The fourth-order valence-corrected chi connectivity index (χ4v) is 3.20. The van der Waals surface area contributed by atoms with Crippen LogP contribution >= 0.6 is 0 Å². The van der Waals surface area contributed by atoms with Crippen LogP contribution in [0.5, 0.6) is 0 Å². The molecule has 158 valence electrons. The Morgan fingerprint density at radius 2 is 1.81 bits per heavy atom. The molecular formula is C24H23N3O4. The van der Waals surface area contributed by atoms with E-state index in [9.17, 15) is 19.6 Å². The molecule has 0 radical (unpaired) electrons. The number of hydrogen-bond acceptors (Lipinski definition) is 5. The van der Waals surface area contributed by atoms with E-state index >= 15 is 0 Å². The van der Waals surface area contributed by atoms with E-state index in [1.54, 1.807) is 24.3 Å². The highest BCUT2D eigenvalue weighted by atomic mass is 16.5. The van der Waals surface area contributed by atoms with E-state index in [1.807, 2.05) is 30.3 Å². The smallest absolute Gasteiger partial charge is 0.349 e. The summed E-state index contributed by atoms with van der Waals surface area (Å²) in [6, 6.07) is 16.2. The molecule has 7 nitrogen and oxygen atoms in total. The maximum absolute atomic E-state index is 12.9. The van der Waals surface area contributed by atoms with Crippen molar-refractivity contribution in [3.05, 3.63) is 65.2 Å². The summed E-state index contributed by atoms with van der Waals surface area (Å²) >= 11 is 0. The van der Waals surface area contributed by atoms with E-state index in [0.717, 1.165) is 5.56 Å². The second-order valence-electron chi connectivity index (χ2n) is 7.53. The van der Waals surface area contributed by atoms with Gasteiger partial charge in [-0.05, 0) is 42.2 Å².